The highest BCUT2D eigenvalue weighted by atomic mass is 16.4. The van der Waals surface area contributed by atoms with Gasteiger partial charge < -0.3 is 10.5 Å². The Hall–Kier alpha value is -3.35. The number of pyridine rings is 1. The third-order valence-electron chi connectivity index (χ3n) is 4.30. The number of para-hydroxylation sites is 1. The third-order valence-corrected chi connectivity index (χ3v) is 4.30. The van der Waals surface area contributed by atoms with Gasteiger partial charge in [0.15, 0.2) is 0 Å². The van der Waals surface area contributed by atoms with Crippen LogP contribution in [-0.2, 0) is 11.3 Å². The molecule has 0 fully saturated rings. The van der Waals surface area contributed by atoms with Crippen molar-refractivity contribution in [3.63, 3.8) is 0 Å². The fourth-order valence-electron chi connectivity index (χ4n) is 2.85. The highest BCUT2D eigenvalue weighted by molar-refractivity contribution is 5.75. The molecule has 1 aromatic carbocycles. The summed E-state index contributed by atoms with van der Waals surface area (Å²) in [5.41, 5.74) is 5.42. The summed E-state index contributed by atoms with van der Waals surface area (Å²) >= 11 is 0. The van der Waals surface area contributed by atoms with E-state index in [0.717, 1.165) is 11.4 Å². The van der Waals surface area contributed by atoms with Crippen LogP contribution in [0.4, 0.5) is 0 Å². The zero-order chi connectivity index (χ0) is 18.7. The van der Waals surface area contributed by atoms with Crippen LogP contribution in [0.1, 0.15) is 29.7 Å². The van der Waals surface area contributed by atoms with Crippen molar-refractivity contribution in [3.8, 4) is 5.69 Å². The highest BCUT2D eigenvalue weighted by Gasteiger charge is 2.20. The van der Waals surface area contributed by atoms with Gasteiger partial charge in [0.2, 0.25) is 0 Å². The molecule has 7 nitrogen and oxygen atoms in total. The Labute approximate surface area is 150 Å². The normalized spacial score (nSPS) is 11.9. The maximum atomic E-state index is 12.7. The smallest absolute Gasteiger partial charge is 0.310 e. The molecule has 134 valence electrons. The van der Waals surface area contributed by atoms with Crippen LogP contribution in [0.3, 0.4) is 0 Å². The first-order chi connectivity index (χ1) is 12.5. The molecule has 0 aliphatic carbocycles. The van der Waals surface area contributed by atoms with Crippen molar-refractivity contribution in [1.29, 1.82) is 0 Å². The van der Waals surface area contributed by atoms with Crippen LogP contribution in [0.25, 0.3) is 5.69 Å². The van der Waals surface area contributed by atoms with Gasteiger partial charge in [0.05, 0.1) is 23.8 Å². The van der Waals surface area contributed by atoms with Crippen LogP contribution in [0, 0.1) is 6.92 Å². The van der Waals surface area contributed by atoms with Crippen molar-refractivity contribution >= 4 is 5.97 Å². The Morgan fingerprint density at radius 2 is 1.96 bits per heavy atom. The molecule has 26 heavy (non-hydrogen) atoms. The number of carbonyl (C=O) groups is 1. The predicted octanol–water partition coefficient (Wildman–Crippen LogP) is 2.27. The minimum Gasteiger partial charge on any atom is -0.481 e. The Kier molecular flexibility index (Phi) is 4.88. The number of aryl methyl sites for hydroxylation is 1. The largest absolute Gasteiger partial charge is 0.481 e. The van der Waals surface area contributed by atoms with E-state index in [1.54, 1.807) is 30.1 Å². The molecule has 7 heteroatoms. The topological polar surface area (TPSA) is 89.2 Å². The van der Waals surface area contributed by atoms with Crippen molar-refractivity contribution in [3.05, 3.63) is 82.0 Å². The average molecular weight is 352 g/mol. The Morgan fingerprint density at radius 1 is 1.23 bits per heavy atom. The van der Waals surface area contributed by atoms with Gasteiger partial charge in [0, 0.05) is 18.0 Å². The fraction of sp³-hybridized carbons (Fsp3) is 0.211. The quantitative estimate of drug-likeness (QED) is 0.710. The second-order valence-corrected chi connectivity index (χ2v) is 6.05. The predicted molar refractivity (Wildman–Crippen MR) is 98.1 cm³/mol. The number of carboxylic acids is 1. The average Bonchev–Trinajstić information content (AvgIpc) is 3.10. The zero-order valence-corrected chi connectivity index (χ0v) is 14.6. The van der Waals surface area contributed by atoms with E-state index >= 15 is 0 Å². The number of benzene rings is 1. The van der Waals surface area contributed by atoms with E-state index in [9.17, 15) is 14.7 Å². The van der Waals surface area contributed by atoms with Gasteiger partial charge in [0.25, 0.3) is 5.56 Å². The number of nitrogens with one attached hydrogen (secondary N) is 1. The maximum absolute atomic E-state index is 12.7. The molecule has 3 rings (SSSR count). The summed E-state index contributed by atoms with van der Waals surface area (Å²) in [4.78, 5) is 23.9. The number of aliphatic carboxylic acids is 1. The maximum Gasteiger partial charge on any atom is 0.310 e. The third kappa shape index (κ3) is 3.37. The van der Waals surface area contributed by atoms with Gasteiger partial charge in [-0.1, -0.05) is 18.2 Å². The van der Waals surface area contributed by atoms with Crippen LogP contribution < -0.4 is 11.0 Å². The first-order valence-electron chi connectivity index (χ1n) is 8.26. The van der Waals surface area contributed by atoms with E-state index in [2.05, 4.69) is 10.5 Å². The molecule has 0 spiro atoms. The first-order valence-corrected chi connectivity index (χ1v) is 8.26. The van der Waals surface area contributed by atoms with Crippen LogP contribution in [0.2, 0.25) is 0 Å². The van der Waals surface area contributed by atoms with Gasteiger partial charge >= 0.3 is 5.97 Å². The molecule has 0 aliphatic heterocycles. The number of hydrogen-bond donors (Lipinski definition) is 2. The molecular weight excluding hydrogens is 332 g/mol. The zero-order valence-electron chi connectivity index (χ0n) is 14.6. The van der Waals surface area contributed by atoms with Crippen molar-refractivity contribution < 1.29 is 9.90 Å². The Bertz CT molecular complexity index is 976. The summed E-state index contributed by atoms with van der Waals surface area (Å²) in [5, 5.41) is 13.6. The standard InChI is InChI=1S/C19H20N4O3/c1-13-9-11-22(18(24)17(13)14(2)19(25)26)21-12-16-8-10-20-23(16)15-6-4-3-5-7-15/h3-11,14,21H,12H2,1-2H3,(H,25,26). The number of carboxylic acid groups (broad SMARTS) is 1. The Balaban J connectivity index is 1.86. The first kappa shape index (κ1) is 17.5. The van der Waals surface area contributed by atoms with Gasteiger partial charge in [-0.3, -0.25) is 9.59 Å². The summed E-state index contributed by atoms with van der Waals surface area (Å²) in [7, 11) is 0. The lowest BCUT2D eigenvalue weighted by molar-refractivity contribution is -0.138. The van der Waals surface area contributed by atoms with Crippen molar-refractivity contribution in [2.75, 3.05) is 5.43 Å². The summed E-state index contributed by atoms with van der Waals surface area (Å²) in [6.07, 6.45) is 3.30. The number of aromatic nitrogens is 3. The van der Waals surface area contributed by atoms with E-state index < -0.39 is 11.9 Å². The lowest BCUT2D eigenvalue weighted by Crippen LogP contribution is -2.33. The molecule has 0 amide bonds. The van der Waals surface area contributed by atoms with E-state index in [0.29, 0.717) is 12.1 Å². The summed E-state index contributed by atoms with van der Waals surface area (Å²) in [5.74, 6) is -1.89. The van der Waals surface area contributed by atoms with E-state index in [1.807, 2.05) is 36.4 Å². The van der Waals surface area contributed by atoms with Crippen molar-refractivity contribution in [2.45, 2.75) is 26.3 Å². The van der Waals surface area contributed by atoms with E-state index in [1.165, 1.54) is 11.6 Å². The monoisotopic (exact) mass is 352 g/mol. The molecule has 0 radical (unpaired) electrons. The lowest BCUT2D eigenvalue weighted by atomic mass is 9.99. The molecule has 0 saturated heterocycles. The van der Waals surface area contributed by atoms with Crippen molar-refractivity contribution in [1.82, 2.24) is 14.5 Å². The lowest BCUT2D eigenvalue weighted by Gasteiger charge is -2.15. The molecule has 0 saturated carbocycles. The van der Waals surface area contributed by atoms with Crippen LogP contribution in [0.5, 0.6) is 0 Å². The van der Waals surface area contributed by atoms with Crippen molar-refractivity contribution in [2.24, 2.45) is 0 Å². The van der Waals surface area contributed by atoms with Crippen LogP contribution in [-0.4, -0.2) is 25.5 Å². The second kappa shape index (κ2) is 7.26. The van der Waals surface area contributed by atoms with Gasteiger partial charge in [0.1, 0.15) is 0 Å². The van der Waals surface area contributed by atoms with E-state index in [4.69, 9.17) is 0 Å². The number of nitrogens with zero attached hydrogens (tertiary/aromatic N) is 3. The van der Waals surface area contributed by atoms with Gasteiger partial charge in [-0.2, -0.15) is 5.10 Å². The molecule has 2 aromatic heterocycles. The van der Waals surface area contributed by atoms with Gasteiger partial charge in [-0.25, -0.2) is 9.36 Å². The second-order valence-electron chi connectivity index (χ2n) is 6.05. The SMILES string of the molecule is Cc1ccn(NCc2ccnn2-c2ccccc2)c(=O)c1C(C)C(=O)O. The summed E-state index contributed by atoms with van der Waals surface area (Å²) < 4.78 is 3.11. The molecule has 1 unspecified atom stereocenters. The molecule has 0 bridgehead atoms. The van der Waals surface area contributed by atoms with Gasteiger partial charge in [-0.15, -0.1) is 0 Å². The minimum atomic E-state index is -1.02. The molecule has 3 aromatic rings. The van der Waals surface area contributed by atoms with E-state index in [-0.39, 0.29) is 11.1 Å². The molecule has 1 atom stereocenters. The van der Waals surface area contributed by atoms with Crippen LogP contribution >= 0.6 is 0 Å². The Morgan fingerprint density at radius 3 is 2.65 bits per heavy atom. The number of hydrogen-bond acceptors (Lipinski definition) is 4. The molecule has 0 aliphatic rings. The molecule has 2 heterocycles. The summed E-state index contributed by atoms with van der Waals surface area (Å²) in [6.45, 7) is 3.62. The van der Waals surface area contributed by atoms with Gasteiger partial charge in [-0.05, 0) is 43.7 Å². The number of rotatable bonds is 6. The summed E-state index contributed by atoms with van der Waals surface area (Å²) in [6, 6.07) is 13.3. The molecule has 2 N–H and O–H groups in total. The fourth-order valence-corrected chi connectivity index (χ4v) is 2.85. The highest BCUT2D eigenvalue weighted by Crippen LogP contribution is 2.15. The molecular formula is C19H20N4O3. The van der Waals surface area contributed by atoms with Crippen LogP contribution in [0.15, 0.2) is 59.7 Å². The minimum absolute atomic E-state index is 0.282.